The Hall–Kier alpha value is -0.610. The van der Waals surface area contributed by atoms with E-state index in [1.54, 1.807) is 7.11 Å². The smallest absolute Gasteiger partial charge is 0.0701 e. The molecule has 0 saturated heterocycles. The predicted octanol–water partition coefficient (Wildman–Crippen LogP) is 2.26. The first-order valence-corrected chi connectivity index (χ1v) is 5.65. The molecule has 0 aliphatic rings. The normalized spacial score (nSPS) is 12.7. The molecule has 1 N–H and O–H groups in total. The van der Waals surface area contributed by atoms with Crippen LogP contribution in [0.4, 0.5) is 0 Å². The Morgan fingerprint density at radius 3 is 2.50 bits per heavy atom. The van der Waals surface area contributed by atoms with E-state index in [-0.39, 0.29) is 6.04 Å². The number of hydrogen-bond acceptors (Lipinski definition) is 3. The lowest BCUT2D eigenvalue weighted by molar-refractivity contribution is 0.0596. The summed E-state index contributed by atoms with van der Waals surface area (Å²) in [5, 5.41) is 3.95. The molecule has 0 aliphatic carbocycles. The van der Waals surface area contributed by atoms with E-state index in [4.69, 9.17) is 21.1 Å². The summed E-state index contributed by atoms with van der Waals surface area (Å²) in [6, 6.07) is 7.97. The molecule has 1 atom stereocenters. The van der Waals surface area contributed by atoms with Crippen LogP contribution in [0.25, 0.3) is 0 Å². The quantitative estimate of drug-likeness (QED) is 0.746. The van der Waals surface area contributed by atoms with Gasteiger partial charge in [-0.2, -0.15) is 0 Å². The molecule has 0 aromatic heterocycles. The van der Waals surface area contributed by atoms with Crippen molar-refractivity contribution < 1.29 is 9.47 Å². The third-order valence-electron chi connectivity index (χ3n) is 2.34. The van der Waals surface area contributed by atoms with Gasteiger partial charge in [-0.05, 0) is 24.7 Å². The van der Waals surface area contributed by atoms with Crippen LogP contribution in [0.15, 0.2) is 24.3 Å². The highest BCUT2D eigenvalue weighted by Crippen LogP contribution is 2.16. The molecule has 0 amide bonds. The van der Waals surface area contributed by atoms with E-state index >= 15 is 0 Å². The van der Waals surface area contributed by atoms with Crippen LogP contribution in [0.1, 0.15) is 11.6 Å². The summed E-state index contributed by atoms with van der Waals surface area (Å²) >= 11 is 5.84. The first-order valence-electron chi connectivity index (χ1n) is 5.27. The van der Waals surface area contributed by atoms with Gasteiger partial charge in [0, 0.05) is 12.1 Å². The molecule has 0 saturated carbocycles. The van der Waals surface area contributed by atoms with Gasteiger partial charge in [0.2, 0.25) is 0 Å². The molecular formula is C12H18ClNO2. The van der Waals surface area contributed by atoms with Crippen molar-refractivity contribution in [1.29, 1.82) is 0 Å². The minimum absolute atomic E-state index is 0.189. The fraction of sp³-hybridized carbons (Fsp3) is 0.500. The second-order valence-electron chi connectivity index (χ2n) is 3.46. The van der Waals surface area contributed by atoms with Crippen molar-refractivity contribution in [3.05, 3.63) is 34.9 Å². The Morgan fingerprint density at radius 1 is 1.25 bits per heavy atom. The molecule has 1 rings (SSSR count). The highest BCUT2D eigenvalue weighted by molar-refractivity contribution is 6.30. The van der Waals surface area contributed by atoms with Crippen LogP contribution in [0.2, 0.25) is 5.02 Å². The van der Waals surface area contributed by atoms with Gasteiger partial charge in [-0.15, -0.1) is 0 Å². The van der Waals surface area contributed by atoms with E-state index in [1.807, 2.05) is 31.3 Å². The number of likely N-dealkylation sites (N-methyl/N-ethyl adjacent to an activating group) is 1. The fourth-order valence-electron chi connectivity index (χ4n) is 1.38. The second-order valence-corrected chi connectivity index (χ2v) is 3.90. The van der Waals surface area contributed by atoms with Crippen LogP contribution in [0.3, 0.4) is 0 Å². The summed E-state index contributed by atoms with van der Waals surface area (Å²) in [4.78, 5) is 0. The van der Waals surface area contributed by atoms with Gasteiger partial charge < -0.3 is 14.8 Å². The minimum atomic E-state index is 0.189. The van der Waals surface area contributed by atoms with Crippen LogP contribution < -0.4 is 5.32 Å². The number of halogens is 1. The monoisotopic (exact) mass is 243 g/mol. The van der Waals surface area contributed by atoms with Crippen molar-refractivity contribution in [3.63, 3.8) is 0 Å². The van der Waals surface area contributed by atoms with Crippen LogP contribution in [-0.2, 0) is 9.47 Å². The van der Waals surface area contributed by atoms with Crippen molar-refractivity contribution >= 4 is 11.6 Å². The molecule has 0 radical (unpaired) electrons. The van der Waals surface area contributed by atoms with Gasteiger partial charge >= 0.3 is 0 Å². The molecule has 4 heteroatoms. The lowest BCUT2D eigenvalue weighted by Gasteiger charge is -2.16. The SMILES string of the molecule is CNC(COCCOC)c1ccc(Cl)cc1. The lowest BCUT2D eigenvalue weighted by Crippen LogP contribution is -2.22. The zero-order valence-electron chi connectivity index (χ0n) is 9.70. The Labute approximate surface area is 102 Å². The van der Waals surface area contributed by atoms with Crippen LogP contribution in [0, 0.1) is 0 Å². The summed E-state index contributed by atoms with van der Waals surface area (Å²) in [6.45, 7) is 1.86. The first-order chi connectivity index (χ1) is 7.77. The summed E-state index contributed by atoms with van der Waals surface area (Å²) in [5.74, 6) is 0. The van der Waals surface area contributed by atoms with Gasteiger partial charge in [0.05, 0.1) is 25.9 Å². The number of benzene rings is 1. The number of methoxy groups -OCH3 is 1. The molecule has 0 bridgehead atoms. The van der Waals surface area contributed by atoms with E-state index in [0.29, 0.717) is 19.8 Å². The van der Waals surface area contributed by atoms with Gasteiger partial charge in [0.1, 0.15) is 0 Å². The summed E-state index contributed by atoms with van der Waals surface area (Å²) < 4.78 is 10.4. The highest BCUT2D eigenvalue weighted by Gasteiger charge is 2.08. The molecule has 0 fully saturated rings. The number of ether oxygens (including phenoxy) is 2. The molecule has 3 nitrogen and oxygen atoms in total. The van der Waals surface area contributed by atoms with Gasteiger partial charge in [0.15, 0.2) is 0 Å². The van der Waals surface area contributed by atoms with E-state index < -0.39 is 0 Å². The summed E-state index contributed by atoms with van der Waals surface area (Å²) in [6.07, 6.45) is 0. The largest absolute Gasteiger partial charge is 0.382 e. The first kappa shape index (κ1) is 13.5. The third-order valence-corrected chi connectivity index (χ3v) is 2.59. The maximum Gasteiger partial charge on any atom is 0.0701 e. The minimum Gasteiger partial charge on any atom is -0.382 e. The van der Waals surface area contributed by atoms with E-state index in [9.17, 15) is 0 Å². The highest BCUT2D eigenvalue weighted by atomic mass is 35.5. The van der Waals surface area contributed by atoms with E-state index in [0.717, 1.165) is 5.02 Å². The maximum atomic E-state index is 5.84. The summed E-state index contributed by atoms with van der Waals surface area (Å²) in [7, 11) is 3.58. The van der Waals surface area contributed by atoms with Crippen molar-refractivity contribution in [1.82, 2.24) is 5.32 Å². The van der Waals surface area contributed by atoms with E-state index in [1.165, 1.54) is 5.56 Å². The predicted molar refractivity (Wildman–Crippen MR) is 65.9 cm³/mol. The molecule has 90 valence electrons. The average molecular weight is 244 g/mol. The van der Waals surface area contributed by atoms with Crippen LogP contribution >= 0.6 is 11.6 Å². The summed E-state index contributed by atoms with van der Waals surface area (Å²) in [5.41, 5.74) is 1.17. The third kappa shape index (κ3) is 4.49. The van der Waals surface area contributed by atoms with Crippen LogP contribution in [0.5, 0.6) is 0 Å². The Kier molecular flexibility index (Phi) is 6.42. The number of rotatable bonds is 7. The van der Waals surface area contributed by atoms with Gasteiger partial charge in [-0.25, -0.2) is 0 Å². The Bertz CT molecular complexity index is 290. The molecule has 1 unspecified atom stereocenters. The molecule has 1 aromatic rings. The van der Waals surface area contributed by atoms with E-state index in [2.05, 4.69) is 5.32 Å². The van der Waals surface area contributed by atoms with Gasteiger partial charge in [0.25, 0.3) is 0 Å². The maximum absolute atomic E-state index is 5.84. The topological polar surface area (TPSA) is 30.5 Å². The zero-order valence-corrected chi connectivity index (χ0v) is 10.5. The van der Waals surface area contributed by atoms with Gasteiger partial charge in [-0.3, -0.25) is 0 Å². The Morgan fingerprint density at radius 2 is 1.94 bits per heavy atom. The molecule has 0 heterocycles. The van der Waals surface area contributed by atoms with Crippen molar-refractivity contribution in [3.8, 4) is 0 Å². The fourth-order valence-corrected chi connectivity index (χ4v) is 1.51. The van der Waals surface area contributed by atoms with Crippen molar-refractivity contribution in [2.24, 2.45) is 0 Å². The zero-order chi connectivity index (χ0) is 11.8. The van der Waals surface area contributed by atoms with Crippen LogP contribution in [-0.4, -0.2) is 34.0 Å². The molecule has 0 aliphatic heterocycles. The molecular weight excluding hydrogens is 226 g/mol. The average Bonchev–Trinajstić information content (AvgIpc) is 2.31. The van der Waals surface area contributed by atoms with Crippen molar-refractivity contribution in [2.45, 2.75) is 6.04 Å². The molecule has 0 spiro atoms. The van der Waals surface area contributed by atoms with Crippen molar-refractivity contribution in [2.75, 3.05) is 34.0 Å². The van der Waals surface area contributed by atoms with Gasteiger partial charge in [-0.1, -0.05) is 23.7 Å². The molecule has 1 aromatic carbocycles. The molecule has 16 heavy (non-hydrogen) atoms. The Balaban J connectivity index is 2.44. The standard InChI is InChI=1S/C12H18ClNO2/c1-14-12(9-16-8-7-15-2)10-3-5-11(13)6-4-10/h3-6,12,14H,7-9H2,1-2H3. The lowest BCUT2D eigenvalue weighted by atomic mass is 10.1. The second kappa shape index (κ2) is 7.63. The number of hydrogen-bond donors (Lipinski definition) is 1. The number of nitrogens with one attached hydrogen (secondary N) is 1.